The summed E-state index contributed by atoms with van der Waals surface area (Å²) in [6, 6.07) is 14.2. The monoisotopic (exact) mass is 405 g/mol. The predicted octanol–water partition coefficient (Wildman–Crippen LogP) is 4.56. The average molecular weight is 406 g/mol. The molecule has 1 N–H and O–H groups in total. The summed E-state index contributed by atoms with van der Waals surface area (Å²) in [4.78, 5) is 25.0. The van der Waals surface area contributed by atoms with Crippen molar-refractivity contribution in [2.75, 3.05) is 7.11 Å². The highest BCUT2D eigenvalue weighted by molar-refractivity contribution is 6.34. The summed E-state index contributed by atoms with van der Waals surface area (Å²) in [5, 5.41) is 3.98. The minimum absolute atomic E-state index is 0.0616. The molecule has 1 amide bonds. The predicted molar refractivity (Wildman–Crippen MR) is 106 cm³/mol. The lowest BCUT2D eigenvalue weighted by atomic mass is 9.93. The van der Waals surface area contributed by atoms with E-state index in [9.17, 15) is 9.59 Å². The number of carbonyl (C=O) groups excluding carboxylic acids is 2. The molecule has 4 atom stereocenters. The highest BCUT2D eigenvalue weighted by Crippen LogP contribution is 2.48. The van der Waals surface area contributed by atoms with Gasteiger partial charge in [-0.25, -0.2) is 4.79 Å². The zero-order valence-corrected chi connectivity index (χ0v) is 16.6. The summed E-state index contributed by atoms with van der Waals surface area (Å²) in [5.74, 6) is -0.960. The van der Waals surface area contributed by atoms with Gasteiger partial charge in [-0.1, -0.05) is 60.5 Å². The van der Waals surface area contributed by atoms with Crippen molar-refractivity contribution < 1.29 is 14.3 Å². The minimum atomic E-state index is -0.742. The van der Waals surface area contributed by atoms with Crippen LogP contribution in [0.1, 0.15) is 36.3 Å². The van der Waals surface area contributed by atoms with Crippen LogP contribution in [0, 0.1) is 5.92 Å². The Morgan fingerprint density at radius 3 is 2.33 bits per heavy atom. The number of benzene rings is 2. The first kappa shape index (κ1) is 19.7. The summed E-state index contributed by atoms with van der Waals surface area (Å²) in [6.45, 7) is 1.90. The lowest BCUT2D eigenvalue weighted by Gasteiger charge is -2.23. The fourth-order valence-electron chi connectivity index (χ4n) is 3.37. The Kier molecular flexibility index (Phi) is 6.08. The quantitative estimate of drug-likeness (QED) is 0.716. The molecule has 4 unspecified atom stereocenters. The van der Waals surface area contributed by atoms with E-state index < -0.39 is 12.0 Å². The maximum atomic E-state index is 12.7. The minimum Gasteiger partial charge on any atom is -0.467 e. The van der Waals surface area contributed by atoms with E-state index in [2.05, 4.69) is 5.32 Å². The largest absolute Gasteiger partial charge is 0.467 e. The maximum absolute atomic E-state index is 12.7. The van der Waals surface area contributed by atoms with Crippen LogP contribution in [0.25, 0.3) is 0 Å². The lowest BCUT2D eigenvalue weighted by Crippen LogP contribution is -2.45. The van der Waals surface area contributed by atoms with Crippen molar-refractivity contribution in [2.24, 2.45) is 5.92 Å². The highest BCUT2D eigenvalue weighted by atomic mass is 35.5. The van der Waals surface area contributed by atoms with Crippen LogP contribution in [-0.2, 0) is 14.3 Å². The van der Waals surface area contributed by atoms with Crippen LogP contribution in [-0.4, -0.2) is 25.0 Å². The molecule has 142 valence electrons. The second kappa shape index (κ2) is 8.32. The van der Waals surface area contributed by atoms with E-state index in [0.29, 0.717) is 16.5 Å². The Morgan fingerprint density at radius 1 is 1.11 bits per heavy atom. The van der Waals surface area contributed by atoms with Gasteiger partial charge in [0.15, 0.2) is 0 Å². The first-order valence-electron chi connectivity index (χ1n) is 8.80. The molecule has 0 radical (unpaired) electrons. The van der Waals surface area contributed by atoms with Crippen LogP contribution in [0.4, 0.5) is 0 Å². The Labute approximate surface area is 168 Å². The number of halogens is 2. The number of carbonyl (C=O) groups is 2. The number of rotatable bonds is 6. The second-order valence-corrected chi connectivity index (χ2v) is 7.73. The first-order valence-corrected chi connectivity index (χ1v) is 9.55. The number of amides is 1. The van der Waals surface area contributed by atoms with Crippen molar-refractivity contribution in [1.29, 1.82) is 0 Å². The van der Waals surface area contributed by atoms with E-state index >= 15 is 0 Å². The van der Waals surface area contributed by atoms with Crippen molar-refractivity contribution in [3.05, 3.63) is 69.7 Å². The Balaban J connectivity index is 1.71. The Bertz CT molecular complexity index is 820. The molecule has 4 nitrogen and oxygen atoms in total. The van der Waals surface area contributed by atoms with Crippen LogP contribution < -0.4 is 5.32 Å². The number of hydrogen-bond acceptors (Lipinski definition) is 3. The molecular weight excluding hydrogens is 385 g/mol. The summed E-state index contributed by atoms with van der Waals surface area (Å²) in [6.07, 6.45) is 0.704. The SMILES string of the molecule is COC(=O)C(NC(=O)C1CC1c1cc(Cl)cc(Cl)c1)C(C)c1ccccc1. The van der Waals surface area contributed by atoms with Gasteiger partial charge in [-0.2, -0.15) is 0 Å². The normalized spacial score (nSPS) is 20.4. The van der Waals surface area contributed by atoms with E-state index in [0.717, 1.165) is 11.1 Å². The third kappa shape index (κ3) is 4.63. The van der Waals surface area contributed by atoms with Gasteiger partial charge in [0.25, 0.3) is 0 Å². The zero-order chi connectivity index (χ0) is 19.6. The molecule has 0 heterocycles. The first-order chi connectivity index (χ1) is 12.9. The summed E-state index contributed by atoms with van der Waals surface area (Å²) in [5.41, 5.74) is 1.90. The molecule has 27 heavy (non-hydrogen) atoms. The summed E-state index contributed by atoms with van der Waals surface area (Å²) in [7, 11) is 1.33. The van der Waals surface area contributed by atoms with E-state index in [-0.39, 0.29) is 23.7 Å². The molecule has 0 aromatic heterocycles. The second-order valence-electron chi connectivity index (χ2n) is 6.86. The van der Waals surface area contributed by atoms with Gasteiger partial charge in [0.2, 0.25) is 5.91 Å². The van der Waals surface area contributed by atoms with Crippen molar-refractivity contribution in [1.82, 2.24) is 5.32 Å². The van der Waals surface area contributed by atoms with E-state index in [4.69, 9.17) is 27.9 Å². The van der Waals surface area contributed by atoms with Gasteiger partial charge >= 0.3 is 5.97 Å². The number of esters is 1. The molecule has 3 rings (SSSR count). The van der Waals surface area contributed by atoms with Gasteiger partial charge in [0.05, 0.1) is 7.11 Å². The van der Waals surface area contributed by atoms with E-state index in [1.54, 1.807) is 6.07 Å². The number of nitrogens with one attached hydrogen (secondary N) is 1. The molecule has 1 aliphatic rings. The van der Waals surface area contributed by atoms with Crippen LogP contribution in [0.2, 0.25) is 10.0 Å². The van der Waals surface area contributed by atoms with Gasteiger partial charge in [0, 0.05) is 21.9 Å². The smallest absolute Gasteiger partial charge is 0.328 e. The van der Waals surface area contributed by atoms with Gasteiger partial charge in [-0.15, -0.1) is 0 Å². The van der Waals surface area contributed by atoms with Gasteiger partial charge in [0.1, 0.15) is 6.04 Å². The van der Waals surface area contributed by atoms with Crippen molar-refractivity contribution in [3.8, 4) is 0 Å². The summed E-state index contributed by atoms with van der Waals surface area (Å²) >= 11 is 12.1. The van der Waals surface area contributed by atoms with Gasteiger partial charge < -0.3 is 10.1 Å². The topological polar surface area (TPSA) is 55.4 Å². The molecule has 0 saturated heterocycles. The number of hydrogen-bond donors (Lipinski definition) is 1. The maximum Gasteiger partial charge on any atom is 0.328 e. The highest BCUT2D eigenvalue weighted by Gasteiger charge is 2.45. The van der Waals surface area contributed by atoms with E-state index in [1.807, 2.05) is 49.4 Å². The van der Waals surface area contributed by atoms with Crippen LogP contribution in [0.3, 0.4) is 0 Å². The van der Waals surface area contributed by atoms with E-state index in [1.165, 1.54) is 7.11 Å². The number of ether oxygens (including phenoxy) is 1. The van der Waals surface area contributed by atoms with Crippen LogP contribution >= 0.6 is 23.2 Å². The molecule has 1 aliphatic carbocycles. The molecule has 0 aliphatic heterocycles. The third-order valence-corrected chi connectivity index (χ3v) is 5.45. The Morgan fingerprint density at radius 2 is 1.74 bits per heavy atom. The van der Waals surface area contributed by atoms with Gasteiger partial charge in [-0.05, 0) is 41.7 Å². The fourth-order valence-corrected chi connectivity index (χ4v) is 3.91. The molecule has 1 saturated carbocycles. The van der Waals surface area contributed by atoms with Crippen molar-refractivity contribution >= 4 is 35.1 Å². The third-order valence-electron chi connectivity index (χ3n) is 5.02. The molecule has 6 heteroatoms. The van der Waals surface area contributed by atoms with Crippen molar-refractivity contribution in [2.45, 2.75) is 31.2 Å². The molecule has 0 bridgehead atoms. The standard InChI is InChI=1S/C21H21Cl2NO3/c1-12(13-6-4-3-5-7-13)19(21(26)27-2)24-20(25)18-11-17(18)14-8-15(22)10-16(23)9-14/h3-10,12,17-19H,11H2,1-2H3,(H,24,25). The van der Waals surface area contributed by atoms with Crippen LogP contribution in [0.15, 0.2) is 48.5 Å². The Hall–Kier alpha value is -2.04. The van der Waals surface area contributed by atoms with Crippen LogP contribution in [0.5, 0.6) is 0 Å². The molecule has 2 aromatic carbocycles. The number of methoxy groups -OCH3 is 1. The van der Waals surface area contributed by atoms with Crippen molar-refractivity contribution in [3.63, 3.8) is 0 Å². The zero-order valence-electron chi connectivity index (χ0n) is 15.1. The lowest BCUT2D eigenvalue weighted by molar-refractivity contribution is -0.145. The molecular formula is C21H21Cl2NO3. The molecule has 1 fully saturated rings. The van der Waals surface area contributed by atoms with Gasteiger partial charge in [-0.3, -0.25) is 4.79 Å². The molecule has 2 aromatic rings. The fraction of sp³-hybridized carbons (Fsp3) is 0.333. The average Bonchev–Trinajstić information content (AvgIpc) is 3.46. The molecule has 0 spiro atoms. The summed E-state index contributed by atoms with van der Waals surface area (Å²) < 4.78 is 4.91.